The first-order chi connectivity index (χ1) is 8.82. The maximum Gasteiger partial charge on any atom is 0.435 e. The summed E-state index contributed by atoms with van der Waals surface area (Å²) in [5, 5.41) is 3.45. The summed E-state index contributed by atoms with van der Waals surface area (Å²) in [4.78, 5) is 0. The second-order valence-corrected chi connectivity index (χ2v) is 4.02. The largest absolute Gasteiger partial charge is 0.495 e. The van der Waals surface area contributed by atoms with E-state index in [-0.39, 0.29) is 11.3 Å². The van der Waals surface area contributed by atoms with Gasteiger partial charge in [-0.2, -0.15) is 18.3 Å². The third-order valence-electron chi connectivity index (χ3n) is 2.64. The Kier molecular flexibility index (Phi) is 3.13. The molecule has 2 rings (SSSR count). The van der Waals surface area contributed by atoms with Crippen molar-refractivity contribution in [3.05, 3.63) is 30.1 Å². The number of halogens is 3. The van der Waals surface area contributed by atoms with E-state index in [0.717, 1.165) is 4.68 Å². The molecule has 0 radical (unpaired) electrons. The molecule has 4 nitrogen and oxygen atoms in total. The molecule has 0 aliphatic rings. The summed E-state index contributed by atoms with van der Waals surface area (Å²) < 4.78 is 44.7. The molecule has 0 amide bonds. The fourth-order valence-corrected chi connectivity index (χ4v) is 1.81. The second kappa shape index (κ2) is 4.49. The van der Waals surface area contributed by atoms with E-state index < -0.39 is 11.9 Å². The zero-order chi connectivity index (χ0) is 14.2. The van der Waals surface area contributed by atoms with E-state index in [1.54, 1.807) is 0 Å². The van der Waals surface area contributed by atoms with Crippen molar-refractivity contribution in [1.29, 1.82) is 0 Å². The van der Waals surface area contributed by atoms with Gasteiger partial charge < -0.3 is 10.5 Å². The summed E-state index contributed by atoms with van der Waals surface area (Å²) in [7, 11) is 2.88. The number of alkyl halides is 3. The highest BCUT2D eigenvalue weighted by Crippen LogP contribution is 2.37. The first-order valence-electron chi connectivity index (χ1n) is 5.37. The van der Waals surface area contributed by atoms with Gasteiger partial charge in [-0.25, -0.2) is 0 Å². The molecule has 0 spiro atoms. The molecule has 0 saturated heterocycles. The molecule has 1 heterocycles. The zero-order valence-electron chi connectivity index (χ0n) is 10.3. The predicted molar refractivity (Wildman–Crippen MR) is 64.6 cm³/mol. The lowest BCUT2D eigenvalue weighted by Crippen LogP contribution is -2.08. The van der Waals surface area contributed by atoms with Crippen molar-refractivity contribution in [2.24, 2.45) is 7.05 Å². The van der Waals surface area contributed by atoms with Crippen molar-refractivity contribution in [3.8, 4) is 16.9 Å². The van der Waals surface area contributed by atoms with Crippen LogP contribution in [0.5, 0.6) is 5.75 Å². The first-order valence-corrected chi connectivity index (χ1v) is 5.37. The van der Waals surface area contributed by atoms with Gasteiger partial charge in [0.15, 0.2) is 5.69 Å². The Morgan fingerprint density at radius 2 is 2.00 bits per heavy atom. The number of rotatable bonds is 2. The molecule has 0 fully saturated rings. The molecule has 0 atom stereocenters. The van der Waals surface area contributed by atoms with Crippen molar-refractivity contribution < 1.29 is 17.9 Å². The summed E-state index contributed by atoms with van der Waals surface area (Å²) in [6, 6.07) is 4.48. The molecule has 2 N–H and O–H groups in total. The van der Waals surface area contributed by atoms with Crippen LogP contribution in [-0.2, 0) is 13.2 Å². The average molecular weight is 271 g/mol. The number of nitrogens with zero attached hydrogens (tertiary/aromatic N) is 2. The lowest BCUT2D eigenvalue weighted by molar-refractivity contribution is -0.140. The van der Waals surface area contributed by atoms with Crippen molar-refractivity contribution in [1.82, 2.24) is 9.78 Å². The van der Waals surface area contributed by atoms with Gasteiger partial charge in [-0.3, -0.25) is 4.68 Å². The maximum absolute atomic E-state index is 12.9. The number of hydrogen-bond donors (Lipinski definition) is 1. The predicted octanol–water partition coefficient (Wildman–Crippen LogP) is 2.70. The molecule has 1 aromatic heterocycles. The standard InChI is InChI=1S/C12H12F3N3O/c1-18-6-8(11(17-18)12(13,14)15)7-3-4-10(19-2)9(16)5-7/h3-6H,16H2,1-2H3. The fourth-order valence-electron chi connectivity index (χ4n) is 1.81. The van der Waals surface area contributed by atoms with E-state index in [1.165, 1.54) is 38.6 Å². The Hall–Kier alpha value is -2.18. The van der Waals surface area contributed by atoms with Gasteiger partial charge in [0, 0.05) is 18.8 Å². The van der Waals surface area contributed by atoms with Crippen LogP contribution in [0.3, 0.4) is 0 Å². The minimum atomic E-state index is -4.51. The Morgan fingerprint density at radius 3 is 2.53 bits per heavy atom. The number of benzene rings is 1. The van der Waals surface area contributed by atoms with Crippen LogP contribution in [0, 0.1) is 0 Å². The number of nitrogen functional groups attached to an aromatic ring is 1. The van der Waals surface area contributed by atoms with Gasteiger partial charge in [-0.05, 0) is 17.7 Å². The van der Waals surface area contributed by atoms with Gasteiger partial charge in [-0.15, -0.1) is 0 Å². The molecule has 2 aromatic rings. The van der Waals surface area contributed by atoms with E-state index in [1.807, 2.05) is 0 Å². The van der Waals surface area contributed by atoms with Gasteiger partial charge in [0.2, 0.25) is 0 Å². The van der Waals surface area contributed by atoms with E-state index in [2.05, 4.69) is 5.10 Å². The fraction of sp³-hybridized carbons (Fsp3) is 0.250. The topological polar surface area (TPSA) is 53.1 Å². The second-order valence-electron chi connectivity index (χ2n) is 4.02. The summed E-state index contributed by atoms with van der Waals surface area (Å²) in [5.74, 6) is 0.418. The number of hydrogen-bond acceptors (Lipinski definition) is 3. The summed E-state index contributed by atoms with van der Waals surface area (Å²) in [6.07, 6.45) is -3.20. The molecule has 19 heavy (non-hydrogen) atoms. The smallest absolute Gasteiger partial charge is 0.435 e. The van der Waals surface area contributed by atoms with E-state index >= 15 is 0 Å². The van der Waals surface area contributed by atoms with Crippen LogP contribution in [0.1, 0.15) is 5.69 Å². The normalized spacial score (nSPS) is 11.6. The Morgan fingerprint density at radius 1 is 1.32 bits per heavy atom. The highest BCUT2D eigenvalue weighted by Gasteiger charge is 2.37. The van der Waals surface area contributed by atoms with Gasteiger partial charge >= 0.3 is 6.18 Å². The number of methoxy groups -OCH3 is 1. The Labute approximate surface area is 107 Å². The molecule has 0 saturated carbocycles. The third kappa shape index (κ3) is 2.49. The van der Waals surface area contributed by atoms with Crippen LogP contribution in [0.15, 0.2) is 24.4 Å². The molecular weight excluding hydrogens is 259 g/mol. The van der Waals surface area contributed by atoms with Gasteiger partial charge in [0.1, 0.15) is 5.75 Å². The number of ether oxygens (including phenoxy) is 1. The highest BCUT2D eigenvalue weighted by molar-refractivity contribution is 5.72. The summed E-state index contributed by atoms with van der Waals surface area (Å²) in [6.45, 7) is 0. The number of aromatic nitrogens is 2. The van der Waals surface area contributed by atoms with Gasteiger partial charge in [0.05, 0.1) is 12.8 Å². The third-order valence-corrected chi connectivity index (χ3v) is 2.64. The number of anilines is 1. The van der Waals surface area contributed by atoms with Crippen molar-refractivity contribution >= 4 is 5.69 Å². The first kappa shape index (κ1) is 13.3. The Balaban J connectivity index is 2.56. The average Bonchev–Trinajstić information content (AvgIpc) is 2.71. The molecule has 102 valence electrons. The SMILES string of the molecule is COc1ccc(-c2cn(C)nc2C(F)(F)F)cc1N. The molecule has 0 aliphatic carbocycles. The van der Waals surface area contributed by atoms with E-state index in [0.29, 0.717) is 11.3 Å². The van der Waals surface area contributed by atoms with Crippen molar-refractivity contribution in [2.75, 3.05) is 12.8 Å². The molecule has 0 unspecified atom stereocenters. The molecular formula is C12H12F3N3O. The Bertz CT molecular complexity index is 605. The van der Waals surface area contributed by atoms with Crippen LogP contribution < -0.4 is 10.5 Å². The van der Waals surface area contributed by atoms with Crippen LogP contribution in [0.25, 0.3) is 11.1 Å². The molecule has 1 aromatic carbocycles. The van der Waals surface area contributed by atoms with Crippen LogP contribution in [0.2, 0.25) is 0 Å². The van der Waals surface area contributed by atoms with Crippen LogP contribution in [-0.4, -0.2) is 16.9 Å². The quantitative estimate of drug-likeness (QED) is 0.854. The van der Waals surface area contributed by atoms with Crippen LogP contribution >= 0.6 is 0 Å². The van der Waals surface area contributed by atoms with Gasteiger partial charge in [-0.1, -0.05) is 6.07 Å². The van der Waals surface area contributed by atoms with Gasteiger partial charge in [0.25, 0.3) is 0 Å². The zero-order valence-corrected chi connectivity index (χ0v) is 10.3. The lowest BCUT2D eigenvalue weighted by Gasteiger charge is -2.09. The van der Waals surface area contributed by atoms with E-state index in [4.69, 9.17) is 10.5 Å². The lowest BCUT2D eigenvalue weighted by atomic mass is 10.1. The number of aryl methyl sites for hydroxylation is 1. The minimum absolute atomic E-state index is 0.00986. The maximum atomic E-state index is 12.9. The molecule has 0 aliphatic heterocycles. The highest BCUT2D eigenvalue weighted by atomic mass is 19.4. The molecule has 0 bridgehead atoms. The van der Waals surface area contributed by atoms with E-state index in [9.17, 15) is 13.2 Å². The monoisotopic (exact) mass is 271 g/mol. The van der Waals surface area contributed by atoms with Crippen molar-refractivity contribution in [2.45, 2.75) is 6.18 Å². The molecule has 7 heteroatoms. The minimum Gasteiger partial charge on any atom is -0.495 e. The number of nitrogens with two attached hydrogens (primary N) is 1. The summed E-state index contributed by atoms with van der Waals surface area (Å²) in [5.41, 5.74) is 5.38. The van der Waals surface area contributed by atoms with Crippen LogP contribution in [0.4, 0.5) is 18.9 Å². The van der Waals surface area contributed by atoms with Crippen molar-refractivity contribution in [3.63, 3.8) is 0 Å². The summed E-state index contributed by atoms with van der Waals surface area (Å²) >= 11 is 0.